The molecule has 1 atom stereocenters. The summed E-state index contributed by atoms with van der Waals surface area (Å²) in [4.78, 5) is 2.05. The molecule has 65 valence electrons. The summed E-state index contributed by atoms with van der Waals surface area (Å²) in [5.74, 6) is 0. The van der Waals surface area contributed by atoms with Gasteiger partial charge in [0.25, 0.3) is 0 Å². The van der Waals surface area contributed by atoms with Gasteiger partial charge in [-0.15, -0.1) is 0 Å². The summed E-state index contributed by atoms with van der Waals surface area (Å²) < 4.78 is 5.11. The van der Waals surface area contributed by atoms with E-state index in [1.54, 1.807) is 0 Å². The molecular weight excluding hydrogens is 146 g/mol. The molecule has 4 heteroatoms. The number of morpholine rings is 1. The summed E-state index contributed by atoms with van der Waals surface area (Å²) in [6.45, 7) is 3.18. The van der Waals surface area contributed by atoms with E-state index in [0.717, 1.165) is 13.1 Å². The first kappa shape index (κ1) is 8.93. The van der Waals surface area contributed by atoms with E-state index in [1.807, 2.05) is 4.90 Å². The average molecular weight is 160 g/mol. The highest BCUT2D eigenvalue weighted by Gasteiger charge is 2.13. The standard InChI is InChI=1S/C7H14NO3/c9-6-7(10)5-8-1-3-11-4-2-8/h7,10H,1-6H2/t7-/m0/s1. The van der Waals surface area contributed by atoms with Crippen molar-refractivity contribution in [3.05, 3.63) is 0 Å². The van der Waals surface area contributed by atoms with Crippen molar-refractivity contribution in [2.24, 2.45) is 0 Å². The molecular formula is C7H14NO3. The zero-order chi connectivity index (χ0) is 8.10. The summed E-state index contributed by atoms with van der Waals surface area (Å²) in [5, 5.41) is 19.2. The molecule has 1 heterocycles. The van der Waals surface area contributed by atoms with Crippen molar-refractivity contribution in [3.63, 3.8) is 0 Å². The van der Waals surface area contributed by atoms with Gasteiger partial charge in [-0.2, -0.15) is 0 Å². The number of hydrogen-bond acceptors (Lipinski definition) is 3. The summed E-state index contributed by atoms with van der Waals surface area (Å²) >= 11 is 0. The Balaban J connectivity index is 2.13. The Morgan fingerprint density at radius 1 is 1.45 bits per heavy atom. The van der Waals surface area contributed by atoms with Gasteiger partial charge in [0.2, 0.25) is 0 Å². The highest BCUT2D eigenvalue weighted by Crippen LogP contribution is 1.97. The van der Waals surface area contributed by atoms with Gasteiger partial charge in [0.05, 0.1) is 19.3 Å². The maximum Gasteiger partial charge on any atom is 0.109 e. The van der Waals surface area contributed by atoms with E-state index in [2.05, 4.69) is 0 Å². The van der Waals surface area contributed by atoms with Crippen LogP contribution in [-0.4, -0.2) is 55.6 Å². The molecule has 0 unspecified atom stereocenters. The van der Waals surface area contributed by atoms with Crippen molar-refractivity contribution in [2.45, 2.75) is 6.10 Å². The van der Waals surface area contributed by atoms with Crippen LogP contribution in [0.3, 0.4) is 0 Å². The minimum atomic E-state index is -0.715. The molecule has 11 heavy (non-hydrogen) atoms. The van der Waals surface area contributed by atoms with Crippen LogP contribution in [0.2, 0.25) is 0 Å². The quantitative estimate of drug-likeness (QED) is 0.582. The van der Waals surface area contributed by atoms with E-state index in [1.165, 1.54) is 0 Å². The Hall–Kier alpha value is -0.160. The van der Waals surface area contributed by atoms with Gasteiger partial charge in [0.15, 0.2) is 0 Å². The van der Waals surface area contributed by atoms with Crippen LogP contribution in [0.4, 0.5) is 0 Å². The predicted octanol–water partition coefficient (Wildman–Crippen LogP) is -0.890. The molecule has 0 aromatic heterocycles. The van der Waals surface area contributed by atoms with Crippen molar-refractivity contribution in [1.29, 1.82) is 0 Å². The van der Waals surface area contributed by atoms with Crippen LogP contribution >= 0.6 is 0 Å². The topological polar surface area (TPSA) is 52.6 Å². The molecule has 0 saturated carbocycles. The van der Waals surface area contributed by atoms with Crippen molar-refractivity contribution in [3.8, 4) is 0 Å². The van der Waals surface area contributed by atoms with Crippen molar-refractivity contribution in [2.75, 3.05) is 39.5 Å². The van der Waals surface area contributed by atoms with Gasteiger partial charge in [-0.3, -0.25) is 4.90 Å². The fourth-order valence-corrected chi connectivity index (χ4v) is 1.13. The van der Waals surface area contributed by atoms with Crippen LogP contribution in [-0.2, 0) is 9.84 Å². The van der Waals surface area contributed by atoms with E-state index < -0.39 is 12.7 Å². The van der Waals surface area contributed by atoms with Crippen LogP contribution in [0.5, 0.6) is 0 Å². The van der Waals surface area contributed by atoms with E-state index in [9.17, 15) is 5.11 Å². The first-order valence-electron chi connectivity index (χ1n) is 3.89. The lowest BCUT2D eigenvalue weighted by Gasteiger charge is -2.27. The minimum Gasteiger partial charge on any atom is -0.389 e. The second kappa shape index (κ2) is 4.66. The van der Waals surface area contributed by atoms with E-state index in [0.29, 0.717) is 19.8 Å². The number of β-amino-alcohol motifs (C(OH)–C–C–N with tert-alkyl or cyclic N) is 1. The monoisotopic (exact) mass is 160 g/mol. The van der Waals surface area contributed by atoms with Crippen molar-refractivity contribution in [1.82, 2.24) is 4.90 Å². The molecule has 0 aromatic rings. The summed E-state index contributed by atoms with van der Waals surface area (Å²) in [6, 6.07) is 0. The highest BCUT2D eigenvalue weighted by atomic mass is 16.5. The lowest BCUT2D eigenvalue weighted by molar-refractivity contribution is -0.00913. The van der Waals surface area contributed by atoms with E-state index in [-0.39, 0.29) is 0 Å². The van der Waals surface area contributed by atoms with Crippen LogP contribution in [0.1, 0.15) is 0 Å². The van der Waals surface area contributed by atoms with Crippen molar-refractivity contribution < 1.29 is 14.9 Å². The molecule has 1 aliphatic heterocycles. The first-order valence-corrected chi connectivity index (χ1v) is 3.89. The van der Waals surface area contributed by atoms with Gasteiger partial charge in [-0.05, 0) is 0 Å². The van der Waals surface area contributed by atoms with E-state index in [4.69, 9.17) is 9.84 Å². The normalized spacial score (nSPS) is 23.5. The fourth-order valence-electron chi connectivity index (χ4n) is 1.13. The largest absolute Gasteiger partial charge is 0.389 e. The Bertz CT molecular complexity index is 104. The Morgan fingerprint density at radius 2 is 2.09 bits per heavy atom. The molecule has 1 radical (unpaired) electrons. The maximum absolute atomic E-state index is 10.2. The zero-order valence-electron chi connectivity index (χ0n) is 6.53. The molecule has 0 aliphatic carbocycles. The molecule has 1 saturated heterocycles. The predicted molar refractivity (Wildman–Crippen MR) is 38.8 cm³/mol. The number of hydrogen-bond donors (Lipinski definition) is 1. The Labute approximate surface area is 66.4 Å². The molecule has 1 N–H and O–H groups in total. The van der Waals surface area contributed by atoms with Crippen LogP contribution < -0.4 is 0 Å². The SMILES string of the molecule is [O]C[C@@H](O)CN1CCOCC1. The summed E-state index contributed by atoms with van der Waals surface area (Å²) in [5.41, 5.74) is 0. The van der Waals surface area contributed by atoms with Crippen LogP contribution in [0, 0.1) is 0 Å². The summed E-state index contributed by atoms with van der Waals surface area (Å²) in [6.07, 6.45) is -0.715. The molecule has 1 aliphatic rings. The molecule has 0 amide bonds. The fraction of sp³-hybridized carbons (Fsp3) is 1.00. The van der Waals surface area contributed by atoms with Crippen LogP contribution in [0.15, 0.2) is 0 Å². The molecule has 0 spiro atoms. The Morgan fingerprint density at radius 3 is 2.64 bits per heavy atom. The lowest BCUT2D eigenvalue weighted by Crippen LogP contribution is -2.41. The summed E-state index contributed by atoms with van der Waals surface area (Å²) in [7, 11) is 0. The van der Waals surface area contributed by atoms with E-state index >= 15 is 0 Å². The molecule has 0 aromatic carbocycles. The lowest BCUT2D eigenvalue weighted by atomic mass is 10.3. The number of nitrogens with zero attached hydrogens (tertiary/aromatic N) is 1. The van der Waals surface area contributed by atoms with Gasteiger partial charge in [0, 0.05) is 19.6 Å². The van der Waals surface area contributed by atoms with Crippen molar-refractivity contribution >= 4 is 0 Å². The number of rotatable bonds is 3. The Kier molecular flexibility index (Phi) is 3.79. The molecule has 1 fully saturated rings. The third-order valence-corrected chi connectivity index (χ3v) is 1.77. The van der Waals surface area contributed by atoms with Gasteiger partial charge < -0.3 is 9.84 Å². The minimum absolute atomic E-state index is 0.405. The number of aliphatic hydroxyl groups excluding tert-OH is 1. The third-order valence-electron chi connectivity index (χ3n) is 1.77. The van der Waals surface area contributed by atoms with Crippen LogP contribution in [0.25, 0.3) is 0 Å². The van der Waals surface area contributed by atoms with Gasteiger partial charge >= 0.3 is 0 Å². The highest BCUT2D eigenvalue weighted by molar-refractivity contribution is 4.65. The first-order chi connectivity index (χ1) is 5.33. The van der Waals surface area contributed by atoms with Gasteiger partial charge in [-0.1, -0.05) is 0 Å². The second-order valence-corrected chi connectivity index (χ2v) is 2.73. The third kappa shape index (κ3) is 3.16. The van der Waals surface area contributed by atoms with Gasteiger partial charge in [-0.25, -0.2) is 5.11 Å². The molecule has 1 rings (SSSR count). The molecule has 4 nitrogen and oxygen atoms in total. The molecule has 0 bridgehead atoms. The van der Waals surface area contributed by atoms with Gasteiger partial charge in [0.1, 0.15) is 6.61 Å². The maximum atomic E-state index is 10.2. The number of ether oxygens (including phenoxy) is 1. The number of aliphatic hydroxyl groups is 1. The smallest absolute Gasteiger partial charge is 0.109 e. The second-order valence-electron chi connectivity index (χ2n) is 2.73. The zero-order valence-corrected chi connectivity index (χ0v) is 6.53. The average Bonchev–Trinajstić information content (AvgIpc) is 2.06.